The average molecular weight is 142 g/mol. The van der Waals surface area contributed by atoms with E-state index >= 15 is 0 Å². The van der Waals surface area contributed by atoms with Gasteiger partial charge in [0.15, 0.2) is 0 Å². The molecule has 0 aliphatic carbocycles. The maximum Gasteiger partial charge on any atom is 0.0110 e. The van der Waals surface area contributed by atoms with Gasteiger partial charge in [-0.2, -0.15) is 0 Å². The van der Waals surface area contributed by atoms with Crippen molar-refractivity contribution in [3.8, 4) is 0 Å². The molecule has 2 rings (SSSR count). The van der Waals surface area contributed by atoms with Crippen molar-refractivity contribution in [2.45, 2.75) is 13.8 Å². The summed E-state index contributed by atoms with van der Waals surface area (Å²) in [7, 11) is 0. The van der Waals surface area contributed by atoms with Gasteiger partial charge in [0, 0.05) is 26.2 Å². The minimum Gasteiger partial charge on any atom is -0.301 e. The van der Waals surface area contributed by atoms with E-state index in [-0.39, 0.29) is 0 Å². The van der Waals surface area contributed by atoms with Gasteiger partial charge in [-0.3, -0.25) is 0 Å². The van der Waals surface area contributed by atoms with Crippen LogP contribution >= 0.6 is 0 Å². The first kappa shape index (κ1) is 8.02. The highest BCUT2D eigenvalue weighted by Gasteiger charge is 2.12. The predicted molar refractivity (Wildman–Crippen MR) is 44.2 cm³/mol. The molecule has 0 aromatic carbocycles. The number of rotatable bonds is 2. The molecule has 2 aliphatic heterocycles. The number of hydrogen-bond donors (Lipinski definition) is 0. The van der Waals surface area contributed by atoms with Gasteiger partial charge in [-0.25, -0.2) is 0 Å². The molecule has 2 nitrogen and oxygen atoms in total. The van der Waals surface area contributed by atoms with Crippen molar-refractivity contribution in [1.82, 2.24) is 9.80 Å². The molecule has 2 fully saturated rings. The van der Waals surface area contributed by atoms with Gasteiger partial charge in [0.25, 0.3) is 0 Å². The highest BCUT2D eigenvalue weighted by Crippen LogP contribution is 1.99. The van der Waals surface area contributed by atoms with E-state index in [1.165, 1.54) is 39.3 Å². The summed E-state index contributed by atoms with van der Waals surface area (Å²) in [5.41, 5.74) is 0. The Bertz CT molecular complexity index is 73.3. The Morgan fingerprint density at radius 3 is 1.10 bits per heavy atom. The van der Waals surface area contributed by atoms with Crippen LogP contribution in [-0.2, 0) is 0 Å². The molecule has 0 radical (unpaired) electrons. The van der Waals surface area contributed by atoms with E-state index in [9.17, 15) is 0 Å². The van der Waals surface area contributed by atoms with Gasteiger partial charge >= 0.3 is 0 Å². The van der Waals surface area contributed by atoms with E-state index in [1.807, 2.05) is 0 Å². The molecule has 2 heterocycles. The summed E-state index contributed by atoms with van der Waals surface area (Å²) in [5, 5.41) is 0. The topological polar surface area (TPSA) is 6.02 Å². The lowest BCUT2D eigenvalue weighted by molar-refractivity contribution is 0.595. The highest BCUT2D eigenvalue weighted by atomic mass is 15.2. The van der Waals surface area contributed by atoms with Gasteiger partial charge in [0.05, 0.1) is 0 Å². The van der Waals surface area contributed by atoms with Gasteiger partial charge in [-0.05, 0) is 13.1 Å². The van der Waals surface area contributed by atoms with E-state index in [4.69, 9.17) is 0 Å². The Labute approximate surface area is 63.8 Å². The van der Waals surface area contributed by atoms with Crippen molar-refractivity contribution in [1.29, 1.82) is 0 Å². The van der Waals surface area contributed by atoms with Crippen LogP contribution in [-0.4, -0.2) is 49.1 Å². The first-order valence-electron chi connectivity index (χ1n) is 4.31. The quantitative estimate of drug-likeness (QED) is 0.522. The van der Waals surface area contributed by atoms with Gasteiger partial charge < -0.3 is 9.80 Å². The first-order valence-corrected chi connectivity index (χ1v) is 4.31. The Balaban J connectivity index is 0.0000001000. The minimum atomic E-state index is 1.25. The van der Waals surface area contributed by atoms with Crippen molar-refractivity contribution in [3.05, 3.63) is 0 Å². The summed E-state index contributed by atoms with van der Waals surface area (Å²) in [6.45, 7) is 12.2. The van der Waals surface area contributed by atoms with Gasteiger partial charge in [0.2, 0.25) is 0 Å². The second kappa shape index (κ2) is 3.94. The van der Waals surface area contributed by atoms with E-state index in [0.717, 1.165) is 0 Å². The van der Waals surface area contributed by atoms with E-state index in [1.54, 1.807) is 0 Å². The Morgan fingerprint density at radius 2 is 1.10 bits per heavy atom. The van der Waals surface area contributed by atoms with E-state index < -0.39 is 0 Å². The second-order valence-electron chi connectivity index (χ2n) is 2.87. The lowest BCUT2D eigenvalue weighted by Gasteiger charge is -1.81. The molecular weight excluding hydrogens is 124 g/mol. The van der Waals surface area contributed by atoms with Crippen molar-refractivity contribution in [2.75, 3.05) is 39.3 Å². The molecule has 2 heteroatoms. The van der Waals surface area contributed by atoms with Crippen LogP contribution in [0.1, 0.15) is 13.8 Å². The van der Waals surface area contributed by atoms with Crippen molar-refractivity contribution < 1.29 is 0 Å². The zero-order chi connectivity index (χ0) is 7.40. The molecule has 0 N–H and O–H groups in total. The van der Waals surface area contributed by atoms with Gasteiger partial charge in [-0.15, -0.1) is 0 Å². The summed E-state index contributed by atoms with van der Waals surface area (Å²) in [5.74, 6) is 0. The maximum atomic E-state index is 2.38. The van der Waals surface area contributed by atoms with E-state index in [2.05, 4.69) is 23.6 Å². The number of nitrogens with zero attached hydrogens (tertiary/aromatic N) is 2. The van der Waals surface area contributed by atoms with Crippen LogP contribution in [0.15, 0.2) is 0 Å². The number of likely N-dealkylation sites (N-methyl/N-ethyl adjacent to an activating group) is 2. The normalized spacial score (nSPS) is 23.4. The molecule has 60 valence electrons. The van der Waals surface area contributed by atoms with Crippen LogP contribution in [0.5, 0.6) is 0 Å². The maximum absolute atomic E-state index is 2.38. The monoisotopic (exact) mass is 142 g/mol. The van der Waals surface area contributed by atoms with Crippen LogP contribution in [0.2, 0.25) is 0 Å². The molecule has 2 aliphatic rings. The molecule has 0 spiro atoms. The largest absolute Gasteiger partial charge is 0.301 e. The fraction of sp³-hybridized carbons (Fsp3) is 1.00. The smallest absolute Gasteiger partial charge is 0.0110 e. The summed E-state index contributed by atoms with van der Waals surface area (Å²) >= 11 is 0. The van der Waals surface area contributed by atoms with Gasteiger partial charge in [0.1, 0.15) is 0 Å². The lowest BCUT2D eigenvalue weighted by Crippen LogP contribution is -1.89. The van der Waals surface area contributed by atoms with Gasteiger partial charge in [-0.1, -0.05) is 13.8 Å². The molecule has 10 heavy (non-hydrogen) atoms. The molecule has 0 aromatic heterocycles. The summed E-state index contributed by atoms with van der Waals surface area (Å²) in [6.07, 6.45) is 0. The van der Waals surface area contributed by atoms with Crippen LogP contribution < -0.4 is 0 Å². The first-order chi connectivity index (χ1) is 4.86. The summed E-state index contributed by atoms with van der Waals surface area (Å²) in [6, 6.07) is 0. The minimum absolute atomic E-state index is 1.25. The third-order valence-corrected chi connectivity index (χ3v) is 1.97. The van der Waals surface area contributed by atoms with Crippen molar-refractivity contribution in [3.63, 3.8) is 0 Å². The predicted octanol–water partition coefficient (Wildman–Crippen LogP) is 0.644. The van der Waals surface area contributed by atoms with Crippen molar-refractivity contribution >= 4 is 0 Å². The Hall–Kier alpha value is -0.0800. The third-order valence-electron chi connectivity index (χ3n) is 1.97. The Morgan fingerprint density at radius 1 is 0.800 bits per heavy atom. The highest BCUT2D eigenvalue weighted by molar-refractivity contribution is 4.69. The second-order valence-corrected chi connectivity index (χ2v) is 2.87. The number of hydrogen-bond acceptors (Lipinski definition) is 2. The molecule has 2 saturated heterocycles. The molecule has 0 amide bonds. The molecule has 0 aromatic rings. The molecule has 0 bridgehead atoms. The van der Waals surface area contributed by atoms with Crippen LogP contribution in [0.25, 0.3) is 0 Å². The zero-order valence-electron chi connectivity index (χ0n) is 7.14. The fourth-order valence-electron chi connectivity index (χ4n) is 0.774. The average Bonchev–Trinajstić information content (AvgIpc) is 2.86. The lowest BCUT2D eigenvalue weighted by atomic mass is 10.8. The SMILES string of the molecule is CCN1CC1.CCN1CC1. The third kappa shape index (κ3) is 3.85. The fourth-order valence-corrected chi connectivity index (χ4v) is 0.774. The molecule has 0 saturated carbocycles. The van der Waals surface area contributed by atoms with E-state index in [0.29, 0.717) is 0 Å². The molecule has 0 atom stereocenters. The molecular formula is C8H18N2. The van der Waals surface area contributed by atoms with Crippen LogP contribution in [0.3, 0.4) is 0 Å². The molecule has 0 unspecified atom stereocenters. The summed E-state index contributed by atoms with van der Waals surface area (Å²) in [4.78, 5) is 4.75. The van der Waals surface area contributed by atoms with Crippen molar-refractivity contribution in [2.24, 2.45) is 0 Å². The standard InChI is InChI=1S/2C4H9N/c2*1-2-5-3-4-5/h2*2-4H2,1H3. The summed E-state index contributed by atoms with van der Waals surface area (Å²) < 4.78 is 0. The van der Waals surface area contributed by atoms with Crippen LogP contribution in [0, 0.1) is 0 Å². The van der Waals surface area contributed by atoms with Crippen LogP contribution in [0.4, 0.5) is 0 Å². The zero-order valence-corrected chi connectivity index (χ0v) is 7.14. The Kier molecular flexibility index (Phi) is 3.16.